The molecular formula is C13H23N5. The molecule has 100 valence electrons. The summed E-state index contributed by atoms with van der Waals surface area (Å²) < 4.78 is 0. The van der Waals surface area contributed by atoms with Crippen LogP contribution < -0.4 is 16.4 Å². The lowest BCUT2D eigenvalue weighted by atomic mass is 9.93. The van der Waals surface area contributed by atoms with Crippen LogP contribution >= 0.6 is 0 Å². The molecule has 0 aliphatic heterocycles. The van der Waals surface area contributed by atoms with E-state index in [0.717, 1.165) is 17.5 Å². The zero-order valence-electron chi connectivity index (χ0n) is 11.5. The van der Waals surface area contributed by atoms with Gasteiger partial charge in [-0.05, 0) is 40.0 Å². The van der Waals surface area contributed by atoms with Crippen molar-refractivity contribution >= 4 is 11.6 Å². The van der Waals surface area contributed by atoms with Crippen molar-refractivity contribution in [2.45, 2.75) is 51.6 Å². The van der Waals surface area contributed by atoms with Crippen LogP contribution in [-0.4, -0.2) is 28.1 Å². The Kier molecular flexibility index (Phi) is 3.71. The number of hydrogen-bond acceptors (Lipinski definition) is 5. The first kappa shape index (κ1) is 13.1. The number of aryl methyl sites for hydroxylation is 1. The Morgan fingerprint density at radius 2 is 2.00 bits per heavy atom. The van der Waals surface area contributed by atoms with Crippen LogP contribution in [0.15, 0.2) is 6.07 Å². The maximum Gasteiger partial charge on any atom is 0.132 e. The molecule has 2 rings (SSSR count). The normalized spacial score (nSPS) is 16.2. The van der Waals surface area contributed by atoms with Gasteiger partial charge in [0.1, 0.15) is 17.5 Å². The van der Waals surface area contributed by atoms with Gasteiger partial charge in [-0.3, -0.25) is 0 Å². The fourth-order valence-electron chi connectivity index (χ4n) is 1.87. The molecule has 0 amide bonds. The average Bonchev–Trinajstić information content (AvgIpc) is 2.22. The molecule has 0 unspecified atom stereocenters. The summed E-state index contributed by atoms with van der Waals surface area (Å²) in [5.74, 6) is 2.51. The summed E-state index contributed by atoms with van der Waals surface area (Å²) in [5.41, 5.74) is 5.56. The van der Waals surface area contributed by atoms with Crippen molar-refractivity contribution in [2.24, 2.45) is 5.73 Å². The molecule has 0 radical (unpaired) electrons. The summed E-state index contributed by atoms with van der Waals surface area (Å²) >= 11 is 0. The lowest BCUT2D eigenvalue weighted by Gasteiger charge is -2.28. The zero-order chi connectivity index (χ0) is 13.2. The Morgan fingerprint density at radius 3 is 2.56 bits per heavy atom. The predicted molar refractivity (Wildman–Crippen MR) is 74.8 cm³/mol. The molecule has 1 fully saturated rings. The van der Waals surface area contributed by atoms with E-state index in [2.05, 4.69) is 34.4 Å². The maximum atomic E-state index is 5.72. The zero-order valence-corrected chi connectivity index (χ0v) is 11.5. The molecule has 5 heteroatoms. The van der Waals surface area contributed by atoms with E-state index in [1.165, 1.54) is 19.3 Å². The number of nitrogens with zero attached hydrogens (tertiary/aromatic N) is 2. The van der Waals surface area contributed by atoms with E-state index in [-0.39, 0.29) is 5.54 Å². The van der Waals surface area contributed by atoms with Crippen molar-refractivity contribution in [1.29, 1.82) is 0 Å². The van der Waals surface area contributed by atoms with E-state index in [1.807, 2.05) is 13.0 Å². The van der Waals surface area contributed by atoms with Gasteiger partial charge in [0.25, 0.3) is 0 Å². The minimum atomic E-state index is -0.158. The van der Waals surface area contributed by atoms with Gasteiger partial charge in [-0.1, -0.05) is 0 Å². The SMILES string of the molecule is Cc1nc(NC2CCC2)cc(NC(C)(C)CN)n1. The highest BCUT2D eigenvalue weighted by Gasteiger charge is 2.19. The Hall–Kier alpha value is -1.36. The van der Waals surface area contributed by atoms with Crippen LogP contribution in [-0.2, 0) is 0 Å². The Morgan fingerprint density at radius 1 is 1.33 bits per heavy atom. The van der Waals surface area contributed by atoms with Crippen LogP contribution in [0.25, 0.3) is 0 Å². The van der Waals surface area contributed by atoms with Crippen molar-refractivity contribution in [3.63, 3.8) is 0 Å². The largest absolute Gasteiger partial charge is 0.367 e. The van der Waals surface area contributed by atoms with Crippen LogP contribution in [0.1, 0.15) is 38.9 Å². The number of anilines is 2. The molecular weight excluding hydrogens is 226 g/mol. The van der Waals surface area contributed by atoms with Gasteiger partial charge >= 0.3 is 0 Å². The Bertz CT molecular complexity index is 412. The molecule has 1 aromatic heterocycles. The summed E-state index contributed by atoms with van der Waals surface area (Å²) in [7, 11) is 0. The molecule has 1 saturated carbocycles. The fourth-order valence-corrected chi connectivity index (χ4v) is 1.87. The van der Waals surface area contributed by atoms with Crippen LogP contribution in [0.5, 0.6) is 0 Å². The van der Waals surface area contributed by atoms with E-state index < -0.39 is 0 Å². The van der Waals surface area contributed by atoms with Crippen LogP contribution in [0.3, 0.4) is 0 Å². The Labute approximate surface area is 109 Å². The topological polar surface area (TPSA) is 75.9 Å². The highest BCUT2D eigenvalue weighted by atomic mass is 15.1. The molecule has 5 nitrogen and oxygen atoms in total. The third kappa shape index (κ3) is 3.32. The minimum absolute atomic E-state index is 0.158. The number of hydrogen-bond donors (Lipinski definition) is 3. The first-order chi connectivity index (χ1) is 8.48. The number of aromatic nitrogens is 2. The average molecular weight is 249 g/mol. The molecule has 1 heterocycles. The number of nitrogens with two attached hydrogens (primary N) is 1. The second-order valence-corrected chi connectivity index (χ2v) is 5.67. The summed E-state index contributed by atoms with van der Waals surface area (Å²) in [6, 6.07) is 2.54. The van der Waals surface area contributed by atoms with Crippen LogP contribution in [0, 0.1) is 6.92 Å². The first-order valence-corrected chi connectivity index (χ1v) is 6.59. The molecule has 18 heavy (non-hydrogen) atoms. The molecule has 0 bridgehead atoms. The second-order valence-electron chi connectivity index (χ2n) is 5.67. The van der Waals surface area contributed by atoms with E-state index >= 15 is 0 Å². The number of nitrogens with one attached hydrogen (secondary N) is 2. The van der Waals surface area contributed by atoms with Crippen molar-refractivity contribution < 1.29 is 0 Å². The number of rotatable bonds is 5. The molecule has 4 N–H and O–H groups in total. The van der Waals surface area contributed by atoms with Crippen molar-refractivity contribution in [3.8, 4) is 0 Å². The van der Waals surface area contributed by atoms with Crippen LogP contribution in [0.4, 0.5) is 11.6 Å². The molecule has 1 aliphatic carbocycles. The standard InChI is InChI=1S/C13H23N5/c1-9-15-11(17-10-5-4-6-10)7-12(16-9)18-13(2,3)8-14/h7,10H,4-6,8,14H2,1-3H3,(H2,15,16,17,18). The lowest BCUT2D eigenvalue weighted by Crippen LogP contribution is -2.39. The van der Waals surface area contributed by atoms with Gasteiger partial charge in [-0.2, -0.15) is 0 Å². The van der Waals surface area contributed by atoms with E-state index in [9.17, 15) is 0 Å². The smallest absolute Gasteiger partial charge is 0.132 e. The van der Waals surface area contributed by atoms with Gasteiger partial charge < -0.3 is 16.4 Å². The highest BCUT2D eigenvalue weighted by Crippen LogP contribution is 2.23. The Balaban J connectivity index is 2.10. The molecule has 0 atom stereocenters. The predicted octanol–water partition coefficient (Wildman–Crippen LogP) is 1.90. The van der Waals surface area contributed by atoms with E-state index in [4.69, 9.17) is 5.73 Å². The third-order valence-corrected chi connectivity index (χ3v) is 3.27. The van der Waals surface area contributed by atoms with Gasteiger partial charge in [0.05, 0.1) is 0 Å². The lowest BCUT2D eigenvalue weighted by molar-refractivity contribution is 0.444. The first-order valence-electron chi connectivity index (χ1n) is 6.59. The van der Waals surface area contributed by atoms with Gasteiger partial charge in [0.15, 0.2) is 0 Å². The quantitative estimate of drug-likeness (QED) is 0.743. The van der Waals surface area contributed by atoms with Crippen LogP contribution in [0.2, 0.25) is 0 Å². The van der Waals surface area contributed by atoms with Gasteiger partial charge in [-0.25, -0.2) is 9.97 Å². The van der Waals surface area contributed by atoms with Gasteiger partial charge in [0, 0.05) is 24.2 Å². The third-order valence-electron chi connectivity index (χ3n) is 3.27. The molecule has 1 aromatic rings. The van der Waals surface area contributed by atoms with Gasteiger partial charge in [-0.15, -0.1) is 0 Å². The second kappa shape index (κ2) is 5.10. The van der Waals surface area contributed by atoms with Crippen molar-refractivity contribution in [3.05, 3.63) is 11.9 Å². The molecule has 0 aromatic carbocycles. The monoisotopic (exact) mass is 249 g/mol. The van der Waals surface area contributed by atoms with Crippen molar-refractivity contribution in [2.75, 3.05) is 17.2 Å². The molecule has 1 aliphatic rings. The summed E-state index contributed by atoms with van der Waals surface area (Å²) in [6.07, 6.45) is 3.78. The summed E-state index contributed by atoms with van der Waals surface area (Å²) in [6.45, 7) is 6.58. The minimum Gasteiger partial charge on any atom is -0.367 e. The molecule has 0 saturated heterocycles. The highest BCUT2D eigenvalue weighted by molar-refractivity contribution is 5.49. The van der Waals surface area contributed by atoms with Gasteiger partial charge in [0.2, 0.25) is 0 Å². The van der Waals surface area contributed by atoms with E-state index in [1.54, 1.807) is 0 Å². The summed E-state index contributed by atoms with van der Waals surface area (Å²) in [5, 5.41) is 6.78. The maximum absolute atomic E-state index is 5.72. The fraction of sp³-hybridized carbons (Fsp3) is 0.692. The van der Waals surface area contributed by atoms with Crippen molar-refractivity contribution in [1.82, 2.24) is 9.97 Å². The summed E-state index contributed by atoms with van der Waals surface area (Å²) in [4.78, 5) is 8.82. The van der Waals surface area contributed by atoms with E-state index in [0.29, 0.717) is 12.6 Å². The molecule has 0 spiro atoms.